The number of nitrogens with zero attached hydrogens (tertiary/aromatic N) is 3. The van der Waals surface area contributed by atoms with E-state index in [0.29, 0.717) is 17.0 Å². The summed E-state index contributed by atoms with van der Waals surface area (Å²) in [4.78, 5) is 13.4. The SMILES string of the molecule is COc1ccc(/C=C(/C(=O)c2ccc(OC)cc2)n2nnc3ccccc32)cc1. The van der Waals surface area contributed by atoms with Gasteiger partial charge in [-0.3, -0.25) is 4.79 Å². The topological polar surface area (TPSA) is 66.2 Å². The van der Waals surface area contributed by atoms with Gasteiger partial charge in [0.15, 0.2) is 0 Å². The standard InChI is InChI=1S/C23H19N3O3/c1-28-18-11-7-16(8-12-18)15-22(23(27)17-9-13-19(29-2)14-10-17)26-21-6-4-3-5-20(21)24-25-26/h3-15H,1-2H3/b22-15-. The number of aromatic nitrogens is 3. The van der Waals surface area contributed by atoms with Crippen LogP contribution in [0.25, 0.3) is 22.8 Å². The molecule has 144 valence electrons. The van der Waals surface area contributed by atoms with Crippen LogP contribution < -0.4 is 9.47 Å². The van der Waals surface area contributed by atoms with Crippen molar-refractivity contribution in [3.63, 3.8) is 0 Å². The van der Waals surface area contributed by atoms with E-state index in [2.05, 4.69) is 10.3 Å². The molecule has 0 fully saturated rings. The number of fused-ring (bicyclic) bond motifs is 1. The monoisotopic (exact) mass is 385 g/mol. The molecule has 0 atom stereocenters. The van der Waals surface area contributed by atoms with Crippen molar-refractivity contribution in [1.82, 2.24) is 15.0 Å². The van der Waals surface area contributed by atoms with E-state index in [1.54, 1.807) is 49.2 Å². The van der Waals surface area contributed by atoms with Gasteiger partial charge in [-0.05, 0) is 60.2 Å². The zero-order valence-electron chi connectivity index (χ0n) is 16.1. The Morgan fingerprint density at radius 2 is 1.48 bits per heavy atom. The molecule has 4 rings (SSSR count). The molecular weight excluding hydrogens is 366 g/mol. The van der Waals surface area contributed by atoms with Gasteiger partial charge in [0.2, 0.25) is 5.78 Å². The maximum atomic E-state index is 13.4. The Morgan fingerprint density at radius 1 is 0.862 bits per heavy atom. The summed E-state index contributed by atoms with van der Waals surface area (Å²) < 4.78 is 12.0. The summed E-state index contributed by atoms with van der Waals surface area (Å²) in [5.41, 5.74) is 3.26. The number of benzene rings is 3. The number of carbonyl (C=O) groups is 1. The molecule has 1 heterocycles. The molecule has 0 saturated heterocycles. The number of rotatable bonds is 6. The molecule has 0 spiro atoms. The van der Waals surface area contributed by atoms with E-state index in [1.807, 2.05) is 48.5 Å². The molecule has 0 aliphatic heterocycles. The minimum Gasteiger partial charge on any atom is -0.497 e. The second-order valence-corrected chi connectivity index (χ2v) is 6.35. The van der Waals surface area contributed by atoms with Crippen LogP contribution in [0.15, 0.2) is 72.8 Å². The third-order valence-corrected chi connectivity index (χ3v) is 4.58. The molecule has 0 amide bonds. The van der Waals surface area contributed by atoms with Crippen molar-refractivity contribution in [3.05, 3.63) is 83.9 Å². The second-order valence-electron chi connectivity index (χ2n) is 6.35. The first-order valence-corrected chi connectivity index (χ1v) is 9.05. The average molecular weight is 385 g/mol. The van der Waals surface area contributed by atoms with Gasteiger partial charge in [0.1, 0.15) is 22.7 Å². The van der Waals surface area contributed by atoms with Gasteiger partial charge in [-0.15, -0.1) is 5.10 Å². The van der Waals surface area contributed by atoms with Crippen molar-refractivity contribution in [2.75, 3.05) is 14.2 Å². The molecule has 0 aliphatic rings. The lowest BCUT2D eigenvalue weighted by Gasteiger charge is -2.09. The van der Waals surface area contributed by atoms with Crippen LogP contribution in [0.1, 0.15) is 15.9 Å². The highest BCUT2D eigenvalue weighted by molar-refractivity contribution is 6.28. The molecule has 0 unspecified atom stereocenters. The van der Waals surface area contributed by atoms with Gasteiger partial charge < -0.3 is 9.47 Å². The third kappa shape index (κ3) is 3.73. The predicted molar refractivity (Wildman–Crippen MR) is 112 cm³/mol. The van der Waals surface area contributed by atoms with Crippen molar-refractivity contribution in [1.29, 1.82) is 0 Å². The number of hydrogen-bond acceptors (Lipinski definition) is 5. The molecule has 0 radical (unpaired) electrons. The van der Waals surface area contributed by atoms with Crippen LogP contribution in [0.4, 0.5) is 0 Å². The van der Waals surface area contributed by atoms with E-state index < -0.39 is 0 Å². The Labute approximate surface area is 168 Å². The fraction of sp³-hybridized carbons (Fsp3) is 0.0870. The zero-order valence-corrected chi connectivity index (χ0v) is 16.1. The number of para-hydroxylation sites is 1. The number of Topliss-reactive ketones (excluding diaryl/α,β-unsaturated/α-hetero) is 1. The van der Waals surface area contributed by atoms with E-state index in [1.165, 1.54) is 0 Å². The highest BCUT2D eigenvalue weighted by Gasteiger charge is 2.18. The van der Waals surface area contributed by atoms with Crippen LogP contribution in [-0.4, -0.2) is 35.0 Å². The largest absolute Gasteiger partial charge is 0.497 e. The summed E-state index contributed by atoms with van der Waals surface area (Å²) in [7, 11) is 3.21. The highest BCUT2D eigenvalue weighted by Crippen LogP contribution is 2.23. The maximum Gasteiger partial charge on any atom is 0.211 e. The van der Waals surface area contributed by atoms with Gasteiger partial charge in [-0.25, -0.2) is 4.68 Å². The third-order valence-electron chi connectivity index (χ3n) is 4.58. The predicted octanol–water partition coefficient (Wildman–Crippen LogP) is 4.33. The lowest BCUT2D eigenvalue weighted by molar-refractivity contribution is 0.105. The lowest BCUT2D eigenvalue weighted by atomic mass is 10.1. The van der Waals surface area contributed by atoms with Crippen molar-refractivity contribution in [2.24, 2.45) is 0 Å². The number of ether oxygens (including phenoxy) is 2. The van der Waals surface area contributed by atoms with Crippen LogP contribution in [0.5, 0.6) is 11.5 Å². The first-order valence-electron chi connectivity index (χ1n) is 9.05. The average Bonchev–Trinajstić information content (AvgIpc) is 3.21. The summed E-state index contributed by atoms with van der Waals surface area (Å²) >= 11 is 0. The van der Waals surface area contributed by atoms with Crippen LogP contribution >= 0.6 is 0 Å². The normalized spacial score (nSPS) is 11.4. The highest BCUT2D eigenvalue weighted by atomic mass is 16.5. The number of hydrogen-bond donors (Lipinski definition) is 0. The zero-order chi connectivity index (χ0) is 20.2. The van der Waals surface area contributed by atoms with Crippen LogP contribution in [-0.2, 0) is 0 Å². The van der Waals surface area contributed by atoms with E-state index in [9.17, 15) is 4.79 Å². The van der Waals surface area contributed by atoms with Gasteiger partial charge in [0.05, 0.1) is 19.7 Å². The molecule has 0 N–H and O–H groups in total. The molecule has 0 saturated carbocycles. The molecule has 0 aliphatic carbocycles. The van der Waals surface area contributed by atoms with Crippen molar-refractivity contribution in [2.45, 2.75) is 0 Å². The van der Waals surface area contributed by atoms with Gasteiger partial charge in [0.25, 0.3) is 0 Å². The lowest BCUT2D eigenvalue weighted by Crippen LogP contribution is -2.11. The molecule has 6 heteroatoms. The molecule has 1 aromatic heterocycles. The Bertz CT molecular complexity index is 1180. The van der Waals surface area contributed by atoms with Gasteiger partial charge >= 0.3 is 0 Å². The number of methoxy groups -OCH3 is 2. The number of ketones is 1. The first kappa shape index (κ1) is 18.4. The van der Waals surface area contributed by atoms with Crippen molar-refractivity contribution < 1.29 is 14.3 Å². The first-order chi connectivity index (χ1) is 14.2. The summed E-state index contributed by atoms with van der Waals surface area (Å²) in [6, 6.07) is 22.0. The summed E-state index contributed by atoms with van der Waals surface area (Å²) in [6.45, 7) is 0. The molecule has 3 aromatic carbocycles. The van der Waals surface area contributed by atoms with Gasteiger partial charge in [-0.2, -0.15) is 0 Å². The van der Waals surface area contributed by atoms with Gasteiger partial charge in [-0.1, -0.05) is 29.5 Å². The minimum atomic E-state index is -0.167. The molecular formula is C23H19N3O3. The van der Waals surface area contributed by atoms with E-state index in [4.69, 9.17) is 9.47 Å². The Balaban J connectivity index is 1.83. The summed E-state index contributed by atoms with van der Waals surface area (Å²) in [6.07, 6.45) is 1.80. The molecule has 6 nitrogen and oxygen atoms in total. The quantitative estimate of drug-likeness (QED) is 0.365. The minimum absolute atomic E-state index is 0.167. The van der Waals surface area contributed by atoms with E-state index >= 15 is 0 Å². The molecule has 29 heavy (non-hydrogen) atoms. The van der Waals surface area contributed by atoms with Crippen molar-refractivity contribution >= 4 is 28.6 Å². The van der Waals surface area contributed by atoms with Crippen LogP contribution in [0.2, 0.25) is 0 Å². The fourth-order valence-corrected chi connectivity index (χ4v) is 3.02. The smallest absolute Gasteiger partial charge is 0.211 e. The van der Waals surface area contributed by atoms with Crippen LogP contribution in [0, 0.1) is 0 Å². The molecule has 0 bridgehead atoms. The molecule has 4 aromatic rings. The number of allylic oxidation sites excluding steroid dienone is 1. The second kappa shape index (κ2) is 7.98. The Morgan fingerprint density at radius 3 is 2.14 bits per heavy atom. The van der Waals surface area contributed by atoms with E-state index in [-0.39, 0.29) is 5.78 Å². The van der Waals surface area contributed by atoms with Gasteiger partial charge in [0, 0.05) is 5.56 Å². The summed E-state index contributed by atoms with van der Waals surface area (Å²) in [5.74, 6) is 1.27. The summed E-state index contributed by atoms with van der Waals surface area (Å²) in [5, 5.41) is 8.43. The fourth-order valence-electron chi connectivity index (χ4n) is 3.02. The Hall–Kier alpha value is -3.93. The maximum absolute atomic E-state index is 13.4. The Kier molecular flexibility index (Phi) is 5.07. The van der Waals surface area contributed by atoms with Crippen LogP contribution in [0.3, 0.4) is 0 Å². The van der Waals surface area contributed by atoms with E-state index in [0.717, 1.165) is 22.3 Å². The van der Waals surface area contributed by atoms with Crippen molar-refractivity contribution in [3.8, 4) is 11.5 Å². The number of carbonyl (C=O) groups excluding carboxylic acids is 1.